The molecule has 0 spiro atoms. The lowest BCUT2D eigenvalue weighted by Crippen LogP contribution is -2.28. The van der Waals surface area contributed by atoms with Gasteiger partial charge in [0, 0.05) is 17.9 Å². The summed E-state index contributed by atoms with van der Waals surface area (Å²) in [6.07, 6.45) is 0.354. The Kier molecular flexibility index (Phi) is 4.53. The van der Waals surface area contributed by atoms with Crippen LogP contribution in [0.5, 0.6) is 0 Å². The average molecular weight is 379 g/mol. The number of sulfonamides is 1. The Balaban J connectivity index is 1.85. The SMILES string of the molecule is Cc1cc(Cl)ccc1NS(=O)(=O)c1ccc(N2C(=O)CCC2=O)cc1. The van der Waals surface area contributed by atoms with Crippen LogP contribution in [-0.4, -0.2) is 20.2 Å². The normalized spacial score (nSPS) is 14.9. The molecule has 2 aromatic carbocycles. The highest BCUT2D eigenvalue weighted by Gasteiger charge is 2.30. The minimum absolute atomic E-state index is 0.0321. The van der Waals surface area contributed by atoms with Crippen molar-refractivity contribution in [2.75, 3.05) is 9.62 Å². The first-order valence-corrected chi connectivity index (χ1v) is 9.39. The maximum atomic E-state index is 12.5. The topological polar surface area (TPSA) is 83.6 Å². The van der Waals surface area contributed by atoms with Crippen molar-refractivity contribution >= 4 is 44.8 Å². The van der Waals surface area contributed by atoms with E-state index < -0.39 is 10.0 Å². The van der Waals surface area contributed by atoms with Crippen molar-refractivity contribution in [2.24, 2.45) is 0 Å². The molecule has 1 aliphatic heterocycles. The van der Waals surface area contributed by atoms with Crippen LogP contribution in [0.4, 0.5) is 11.4 Å². The van der Waals surface area contributed by atoms with E-state index in [0.717, 1.165) is 4.90 Å². The molecular formula is C17H15ClN2O4S. The number of nitrogens with one attached hydrogen (secondary N) is 1. The van der Waals surface area contributed by atoms with Crippen LogP contribution in [0.1, 0.15) is 18.4 Å². The number of halogens is 1. The fourth-order valence-corrected chi connectivity index (χ4v) is 3.94. The second-order valence-electron chi connectivity index (χ2n) is 5.68. The summed E-state index contributed by atoms with van der Waals surface area (Å²) in [6.45, 7) is 1.75. The summed E-state index contributed by atoms with van der Waals surface area (Å²) in [6, 6.07) is 10.5. The van der Waals surface area contributed by atoms with Crippen molar-refractivity contribution in [3.63, 3.8) is 0 Å². The minimum Gasteiger partial charge on any atom is -0.279 e. The summed E-state index contributed by atoms with van der Waals surface area (Å²) < 4.78 is 27.5. The van der Waals surface area contributed by atoms with E-state index in [1.165, 1.54) is 24.3 Å². The number of carbonyl (C=O) groups is 2. The zero-order chi connectivity index (χ0) is 18.2. The van der Waals surface area contributed by atoms with Crippen LogP contribution in [0, 0.1) is 6.92 Å². The second kappa shape index (κ2) is 6.50. The van der Waals surface area contributed by atoms with Gasteiger partial charge in [0.1, 0.15) is 0 Å². The van der Waals surface area contributed by atoms with Gasteiger partial charge in [0.05, 0.1) is 16.3 Å². The summed E-state index contributed by atoms with van der Waals surface area (Å²) in [5.41, 5.74) is 1.49. The molecule has 0 atom stereocenters. The molecule has 130 valence electrons. The van der Waals surface area contributed by atoms with E-state index in [9.17, 15) is 18.0 Å². The zero-order valence-electron chi connectivity index (χ0n) is 13.3. The molecule has 0 aliphatic carbocycles. The van der Waals surface area contributed by atoms with Gasteiger partial charge in [0.25, 0.3) is 10.0 Å². The van der Waals surface area contributed by atoms with Crippen molar-refractivity contribution in [1.82, 2.24) is 0 Å². The van der Waals surface area contributed by atoms with Crippen molar-refractivity contribution in [3.05, 3.63) is 53.1 Å². The Hall–Kier alpha value is -2.38. The number of imide groups is 1. The van der Waals surface area contributed by atoms with Crippen molar-refractivity contribution < 1.29 is 18.0 Å². The van der Waals surface area contributed by atoms with Crippen LogP contribution in [0.25, 0.3) is 0 Å². The molecule has 1 fully saturated rings. The van der Waals surface area contributed by atoms with Gasteiger partial charge in [-0.25, -0.2) is 8.42 Å². The molecule has 0 bridgehead atoms. The van der Waals surface area contributed by atoms with Crippen LogP contribution in [-0.2, 0) is 19.6 Å². The zero-order valence-corrected chi connectivity index (χ0v) is 14.9. The van der Waals surface area contributed by atoms with E-state index in [1.807, 2.05) is 0 Å². The third kappa shape index (κ3) is 3.52. The molecule has 2 aromatic rings. The summed E-state index contributed by atoms with van der Waals surface area (Å²) >= 11 is 5.87. The Morgan fingerprint density at radius 3 is 2.16 bits per heavy atom. The summed E-state index contributed by atoms with van der Waals surface area (Å²) in [5, 5.41) is 0.518. The highest BCUT2D eigenvalue weighted by molar-refractivity contribution is 7.92. The molecule has 2 amide bonds. The van der Waals surface area contributed by atoms with E-state index in [-0.39, 0.29) is 29.6 Å². The average Bonchev–Trinajstić information content (AvgIpc) is 2.89. The first-order valence-electron chi connectivity index (χ1n) is 7.53. The summed E-state index contributed by atoms with van der Waals surface area (Å²) in [4.78, 5) is 24.6. The predicted octanol–water partition coefficient (Wildman–Crippen LogP) is 3.10. The van der Waals surface area contributed by atoms with Gasteiger partial charge in [-0.1, -0.05) is 11.6 Å². The lowest BCUT2D eigenvalue weighted by atomic mass is 10.2. The van der Waals surface area contributed by atoms with Gasteiger partial charge in [0.15, 0.2) is 0 Å². The van der Waals surface area contributed by atoms with Gasteiger partial charge in [-0.05, 0) is 55.0 Å². The number of anilines is 2. The molecule has 1 saturated heterocycles. The third-order valence-electron chi connectivity index (χ3n) is 3.89. The number of rotatable bonds is 4. The fourth-order valence-electron chi connectivity index (χ4n) is 2.58. The van der Waals surface area contributed by atoms with Crippen molar-refractivity contribution in [1.29, 1.82) is 0 Å². The molecule has 3 rings (SSSR count). The predicted molar refractivity (Wildman–Crippen MR) is 95.2 cm³/mol. The van der Waals surface area contributed by atoms with E-state index in [2.05, 4.69) is 4.72 Å². The lowest BCUT2D eigenvalue weighted by molar-refractivity contribution is -0.121. The second-order valence-corrected chi connectivity index (χ2v) is 7.80. The lowest BCUT2D eigenvalue weighted by Gasteiger charge is -2.15. The third-order valence-corrected chi connectivity index (χ3v) is 5.51. The van der Waals surface area contributed by atoms with E-state index in [0.29, 0.717) is 22.0 Å². The van der Waals surface area contributed by atoms with Gasteiger partial charge in [0.2, 0.25) is 11.8 Å². The van der Waals surface area contributed by atoms with Crippen LogP contribution in [0.15, 0.2) is 47.4 Å². The quantitative estimate of drug-likeness (QED) is 0.828. The van der Waals surface area contributed by atoms with Crippen molar-refractivity contribution in [2.45, 2.75) is 24.7 Å². The number of hydrogen-bond donors (Lipinski definition) is 1. The molecule has 1 heterocycles. The van der Waals surface area contributed by atoms with Gasteiger partial charge in [-0.15, -0.1) is 0 Å². The molecule has 1 N–H and O–H groups in total. The smallest absolute Gasteiger partial charge is 0.261 e. The molecule has 0 unspecified atom stereocenters. The van der Waals surface area contributed by atoms with Crippen LogP contribution < -0.4 is 9.62 Å². The van der Waals surface area contributed by atoms with E-state index in [4.69, 9.17) is 11.6 Å². The van der Waals surface area contributed by atoms with Gasteiger partial charge >= 0.3 is 0 Å². The number of aryl methyl sites for hydroxylation is 1. The number of carbonyl (C=O) groups excluding carboxylic acids is 2. The highest BCUT2D eigenvalue weighted by atomic mass is 35.5. The molecule has 1 aliphatic rings. The van der Waals surface area contributed by atoms with E-state index >= 15 is 0 Å². The number of amides is 2. The standard InChI is InChI=1S/C17H15ClN2O4S/c1-11-10-12(18)2-7-15(11)19-25(23,24)14-5-3-13(4-6-14)20-16(21)8-9-17(20)22/h2-7,10,19H,8-9H2,1H3. The Bertz CT molecular complexity index is 939. The fraction of sp³-hybridized carbons (Fsp3) is 0.176. The first-order chi connectivity index (χ1) is 11.8. The Morgan fingerprint density at radius 2 is 1.60 bits per heavy atom. The molecule has 0 aromatic heterocycles. The minimum atomic E-state index is -3.80. The van der Waals surface area contributed by atoms with Crippen LogP contribution in [0.3, 0.4) is 0 Å². The number of benzene rings is 2. The van der Waals surface area contributed by atoms with Crippen LogP contribution >= 0.6 is 11.6 Å². The van der Waals surface area contributed by atoms with E-state index in [1.54, 1.807) is 25.1 Å². The van der Waals surface area contributed by atoms with Gasteiger partial charge < -0.3 is 0 Å². The molecule has 0 saturated carbocycles. The molecule has 25 heavy (non-hydrogen) atoms. The molecule has 8 heteroatoms. The monoisotopic (exact) mass is 378 g/mol. The number of hydrogen-bond acceptors (Lipinski definition) is 4. The molecule has 0 radical (unpaired) electrons. The molecule has 6 nitrogen and oxygen atoms in total. The van der Waals surface area contributed by atoms with Gasteiger partial charge in [-0.3, -0.25) is 19.2 Å². The largest absolute Gasteiger partial charge is 0.279 e. The highest BCUT2D eigenvalue weighted by Crippen LogP contribution is 2.26. The van der Waals surface area contributed by atoms with Crippen molar-refractivity contribution in [3.8, 4) is 0 Å². The Morgan fingerprint density at radius 1 is 1.00 bits per heavy atom. The summed E-state index contributed by atoms with van der Waals surface area (Å²) in [7, 11) is -3.80. The summed E-state index contributed by atoms with van der Waals surface area (Å²) in [5.74, 6) is -0.564. The maximum absolute atomic E-state index is 12.5. The van der Waals surface area contributed by atoms with Crippen LogP contribution in [0.2, 0.25) is 5.02 Å². The maximum Gasteiger partial charge on any atom is 0.261 e. The molecular weight excluding hydrogens is 364 g/mol. The Labute approximate surface area is 150 Å². The first kappa shape index (κ1) is 17.4. The number of nitrogens with zero attached hydrogens (tertiary/aromatic N) is 1. The van der Waals surface area contributed by atoms with Gasteiger partial charge in [-0.2, -0.15) is 0 Å².